The van der Waals surface area contributed by atoms with Crippen LogP contribution in [0.5, 0.6) is 0 Å². The van der Waals surface area contributed by atoms with E-state index in [0.29, 0.717) is 17.3 Å². The highest BCUT2D eigenvalue weighted by Crippen LogP contribution is 2.40. The molecule has 0 amide bonds. The highest BCUT2D eigenvalue weighted by molar-refractivity contribution is 6.02. The zero-order chi connectivity index (χ0) is 22.3. The van der Waals surface area contributed by atoms with Gasteiger partial charge < -0.3 is 10.6 Å². The number of hydrogen-bond donors (Lipinski definition) is 1. The second kappa shape index (κ2) is 7.72. The fourth-order valence-corrected chi connectivity index (χ4v) is 3.88. The summed E-state index contributed by atoms with van der Waals surface area (Å²) in [5.74, 6) is 1.14. The lowest BCUT2D eigenvalue weighted by Gasteiger charge is -2.40. The molecule has 0 aliphatic carbocycles. The van der Waals surface area contributed by atoms with Crippen molar-refractivity contribution in [1.82, 2.24) is 4.98 Å². The molecule has 0 fully saturated rings. The minimum atomic E-state index is -4.39. The Morgan fingerprint density at radius 2 is 1.74 bits per heavy atom. The number of rotatable bonds is 3. The lowest BCUT2D eigenvalue weighted by Crippen LogP contribution is -2.42. The summed E-state index contributed by atoms with van der Waals surface area (Å²) in [6, 6.07) is 14.7. The van der Waals surface area contributed by atoms with Crippen LogP contribution in [0, 0.1) is 5.92 Å². The predicted octanol–water partition coefficient (Wildman–Crippen LogP) is 6.06. The largest absolute Gasteiger partial charge is 0.416 e. The fourth-order valence-electron chi connectivity index (χ4n) is 3.88. The molecule has 1 atom stereocenters. The summed E-state index contributed by atoms with van der Waals surface area (Å²) < 4.78 is 39.3. The third-order valence-corrected chi connectivity index (χ3v) is 5.49. The van der Waals surface area contributed by atoms with E-state index in [-0.39, 0.29) is 12.0 Å². The van der Waals surface area contributed by atoms with Gasteiger partial charge in [-0.05, 0) is 54.5 Å². The summed E-state index contributed by atoms with van der Waals surface area (Å²) in [5.41, 5.74) is 8.82. The van der Waals surface area contributed by atoms with E-state index in [1.807, 2.05) is 56.0 Å². The number of halogens is 3. The Kier molecular flexibility index (Phi) is 5.21. The van der Waals surface area contributed by atoms with Crippen LogP contribution in [-0.2, 0) is 6.18 Å². The van der Waals surface area contributed by atoms with Crippen LogP contribution in [0.4, 0.5) is 18.9 Å². The van der Waals surface area contributed by atoms with E-state index in [1.54, 1.807) is 6.20 Å². The molecule has 1 aliphatic heterocycles. The van der Waals surface area contributed by atoms with Gasteiger partial charge in [-0.15, -0.1) is 0 Å². The monoisotopic (exact) mass is 424 g/mol. The van der Waals surface area contributed by atoms with Crippen LogP contribution in [0.15, 0.2) is 77.2 Å². The summed E-state index contributed by atoms with van der Waals surface area (Å²) in [7, 11) is 0. The minimum absolute atomic E-state index is 0.00928. The molecule has 2 aromatic carbocycles. The van der Waals surface area contributed by atoms with Crippen molar-refractivity contribution in [1.29, 1.82) is 0 Å². The Hall–Kier alpha value is -3.35. The Labute approximate surface area is 178 Å². The molecule has 7 heteroatoms. The van der Waals surface area contributed by atoms with Gasteiger partial charge in [-0.3, -0.25) is 4.98 Å². The Morgan fingerprint density at radius 1 is 1.03 bits per heavy atom. The Bertz CT molecular complexity index is 1180. The maximum atomic E-state index is 13.1. The van der Waals surface area contributed by atoms with Crippen molar-refractivity contribution in [2.24, 2.45) is 16.6 Å². The minimum Gasteiger partial charge on any atom is -0.384 e. The lowest BCUT2D eigenvalue weighted by molar-refractivity contribution is -0.137. The van der Waals surface area contributed by atoms with Crippen LogP contribution in [-0.4, -0.2) is 10.8 Å². The molecule has 160 valence electrons. The normalized spacial score (nSPS) is 17.5. The number of anilines is 1. The van der Waals surface area contributed by atoms with Crippen molar-refractivity contribution in [3.8, 4) is 0 Å². The quantitative estimate of drug-likeness (QED) is 0.556. The maximum Gasteiger partial charge on any atom is 0.416 e. The van der Waals surface area contributed by atoms with Crippen molar-refractivity contribution in [2.75, 3.05) is 4.90 Å². The second-order valence-corrected chi connectivity index (χ2v) is 7.97. The molecule has 2 heterocycles. The molecular weight excluding hydrogens is 401 g/mol. The number of amidine groups is 1. The number of nitrogens with zero attached hydrogens (tertiary/aromatic N) is 3. The summed E-state index contributed by atoms with van der Waals surface area (Å²) in [6.45, 7) is 5.88. The zero-order valence-electron chi connectivity index (χ0n) is 17.5. The SMILES string of the molecule is CC1=C(N)N=C(C(C)C)N(c2ccc(C(F)(F)F)cc2)C1c1ccc2cccnc2c1. The highest BCUT2D eigenvalue weighted by atomic mass is 19.4. The topological polar surface area (TPSA) is 54.5 Å². The summed E-state index contributed by atoms with van der Waals surface area (Å²) in [4.78, 5) is 11.0. The summed E-state index contributed by atoms with van der Waals surface area (Å²) in [5, 5.41) is 1.01. The molecule has 0 saturated carbocycles. The molecule has 0 saturated heterocycles. The lowest BCUT2D eigenvalue weighted by atomic mass is 9.93. The van der Waals surface area contributed by atoms with Gasteiger partial charge in [-0.2, -0.15) is 13.2 Å². The molecule has 1 aromatic heterocycles. The number of pyridine rings is 1. The van der Waals surface area contributed by atoms with Gasteiger partial charge in [0.05, 0.1) is 17.1 Å². The van der Waals surface area contributed by atoms with E-state index in [1.165, 1.54) is 12.1 Å². The standard InChI is InChI=1S/C24H23F3N4/c1-14(2)23-30-22(28)15(3)21(17-7-6-16-5-4-12-29-20(16)13-17)31(23)19-10-8-18(9-11-19)24(25,26)27/h4-14,21H,28H2,1-3H3. The van der Waals surface area contributed by atoms with Gasteiger partial charge in [0, 0.05) is 23.2 Å². The molecule has 1 aliphatic rings. The van der Waals surface area contributed by atoms with E-state index >= 15 is 0 Å². The summed E-state index contributed by atoms with van der Waals surface area (Å²) in [6.07, 6.45) is -2.66. The third-order valence-electron chi connectivity index (χ3n) is 5.49. The van der Waals surface area contributed by atoms with Gasteiger partial charge in [0.25, 0.3) is 0 Å². The van der Waals surface area contributed by atoms with Crippen LogP contribution in [0.25, 0.3) is 10.9 Å². The van der Waals surface area contributed by atoms with E-state index in [4.69, 9.17) is 5.73 Å². The van der Waals surface area contributed by atoms with Gasteiger partial charge in [0.1, 0.15) is 11.7 Å². The van der Waals surface area contributed by atoms with Crippen molar-refractivity contribution in [3.05, 3.63) is 83.3 Å². The molecule has 31 heavy (non-hydrogen) atoms. The molecule has 4 rings (SSSR count). The highest BCUT2D eigenvalue weighted by Gasteiger charge is 2.34. The van der Waals surface area contributed by atoms with Crippen LogP contribution in [0.2, 0.25) is 0 Å². The van der Waals surface area contributed by atoms with Gasteiger partial charge in [0.2, 0.25) is 0 Å². The van der Waals surface area contributed by atoms with Crippen molar-refractivity contribution in [2.45, 2.75) is 33.0 Å². The van der Waals surface area contributed by atoms with Crippen LogP contribution in [0.1, 0.15) is 37.9 Å². The first-order valence-electron chi connectivity index (χ1n) is 10.0. The van der Waals surface area contributed by atoms with E-state index in [9.17, 15) is 13.2 Å². The van der Waals surface area contributed by atoms with Crippen molar-refractivity contribution < 1.29 is 13.2 Å². The molecule has 0 bridgehead atoms. The molecular formula is C24H23F3N4. The first-order valence-corrected chi connectivity index (χ1v) is 10.0. The number of hydrogen-bond acceptors (Lipinski definition) is 4. The Balaban J connectivity index is 1.88. The number of benzene rings is 2. The first-order chi connectivity index (χ1) is 14.7. The number of alkyl halides is 3. The average molecular weight is 424 g/mol. The van der Waals surface area contributed by atoms with Crippen LogP contribution >= 0.6 is 0 Å². The van der Waals surface area contributed by atoms with E-state index in [0.717, 1.165) is 34.2 Å². The maximum absolute atomic E-state index is 13.1. The van der Waals surface area contributed by atoms with E-state index in [2.05, 4.69) is 9.98 Å². The third kappa shape index (κ3) is 3.87. The molecule has 1 unspecified atom stereocenters. The number of fused-ring (bicyclic) bond motifs is 1. The molecule has 0 radical (unpaired) electrons. The molecule has 4 nitrogen and oxygen atoms in total. The zero-order valence-corrected chi connectivity index (χ0v) is 17.5. The van der Waals surface area contributed by atoms with E-state index < -0.39 is 11.7 Å². The van der Waals surface area contributed by atoms with Crippen LogP contribution < -0.4 is 10.6 Å². The molecule has 2 N–H and O–H groups in total. The predicted molar refractivity (Wildman–Crippen MR) is 118 cm³/mol. The smallest absolute Gasteiger partial charge is 0.384 e. The second-order valence-electron chi connectivity index (χ2n) is 7.97. The first kappa shape index (κ1) is 20.9. The van der Waals surface area contributed by atoms with Gasteiger partial charge >= 0.3 is 6.18 Å². The molecule has 0 spiro atoms. The van der Waals surface area contributed by atoms with Gasteiger partial charge in [-0.1, -0.05) is 32.0 Å². The van der Waals surface area contributed by atoms with Gasteiger partial charge in [0.15, 0.2) is 0 Å². The fraction of sp³-hybridized carbons (Fsp3) is 0.250. The number of aliphatic imine (C=N–C) groups is 1. The summed E-state index contributed by atoms with van der Waals surface area (Å²) >= 11 is 0. The van der Waals surface area contributed by atoms with Gasteiger partial charge in [-0.25, -0.2) is 4.99 Å². The van der Waals surface area contributed by atoms with Crippen molar-refractivity contribution >= 4 is 22.4 Å². The van der Waals surface area contributed by atoms with Crippen LogP contribution in [0.3, 0.4) is 0 Å². The number of nitrogens with two attached hydrogens (primary N) is 1. The number of aromatic nitrogens is 1. The van der Waals surface area contributed by atoms with Crippen molar-refractivity contribution in [3.63, 3.8) is 0 Å². The molecule has 3 aromatic rings. The Morgan fingerprint density at radius 3 is 2.39 bits per heavy atom. The average Bonchev–Trinajstić information content (AvgIpc) is 2.74.